The van der Waals surface area contributed by atoms with Crippen LogP contribution in [0.15, 0.2) is 0 Å². The molecule has 0 aromatic heterocycles. The lowest BCUT2D eigenvalue weighted by molar-refractivity contribution is 0.311. The zero-order valence-electron chi connectivity index (χ0n) is 10.5. The summed E-state index contributed by atoms with van der Waals surface area (Å²) in [7, 11) is 0. The highest BCUT2D eigenvalue weighted by Crippen LogP contribution is 2.30. The summed E-state index contributed by atoms with van der Waals surface area (Å²) in [4.78, 5) is 2.68. The summed E-state index contributed by atoms with van der Waals surface area (Å²) in [6, 6.07) is 0.805. The van der Waals surface area contributed by atoms with Gasteiger partial charge in [-0.15, -0.1) is 0 Å². The number of hydrogen-bond donors (Lipinski definition) is 1. The van der Waals surface area contributed by atoms with Crippen LogP contribution in [0.2, 0.25) is 0 Å². The molecule has 0 radical (unpaired) electrons. The summed E-state index contributed by atoms with van der Waals surface area (Å²) in [6.07, 6.45) is 10.3. The molecule has 0 spiro atoms. The number of nitrogens with zero attached hydrogens (tertiary/aromatic N) is 1. The molecule has 1 unspecified atom stereocenters. The van der Waals surface area contributed by atoms with Gasteiger partial charge in [0.25, 0.3) is 0 Å². The first-order valence-electron chi connectivity index (χ1n) is 7.36. The predicted molar refractivity (Wildman–Crippen MR) is 67.5 cm³/mol. The van der Waals surface area contributed by atoms with Crippen LogP contribution in [0.4, 0.5) is 0 Å². The third kappa shape index (κ3) is 2.98. The topological polar surface area (TPSA) is 15.3 Å². The molecule has 0 bridgehead atoms. The van der Waals surface area contributed by atoms with Gasteiger partial charge in [0, 0.05) is 19.1 Å². The molecule has 1 N–H and O–H groups in total. The second-order valence-electron chi connectivity index (χ2n) is 6.25. The van der Waals surface area contributed by atoms with Gasteiger partial charge in [-0.1, -0.05) is 12.8 Å². The van der Waals surface area contributed by atoms with E-state index in [4.69, 9.17) is 0 Å². The van der Waals surface area contributed by atoms with Crippen molar-refractivity contribution in [2.24, 2.45) is 11.8 Å². The first kappa shape index (κ1) is 11.0. The van der Waals surface area contributed by atoms with Gasteiger partial charge in [0.15, 0.2) is 0 Å². The van der Waals surface area contributed by atoms with Crippen LogP contribution in [0.3, 0.4) is 0 Å². The highest BCUT2D eigenvalue weighted by atomic mass is 15.2. The summed E-state index contributed by atoms with van der Waals surface area (Å²) in [6.45, 7) is 5.35. The van der Waals surface area contributed by atoms with Gasteiger partial charge < -0.3 is 10.2 Å². The van der Waals surface area contributed by atoms with Crippen molar-refractivity contribution in [2.45, 2.75) is 51.0 Å². The zero-order valence-corrected chi connectivity index (χ0v) is 10.5. The van der Waals surface area contributed by atoms with Gasteiger partial charge in [0.05, 0.1) is 0 Å². The van der Waals surface area contributed by atoms with Crippen LogP contribution in [-0.2, 0) is 0 Å². The minimum absolute atomic E-state index is 0.805. The fourth-order valence-corrected chi connectivity index (χ4v) is 3.38. The third-order valence-electron chi connectivity index (χ3n) is 4.66. The van der Waals surface area contributed by atoms with Crippen LogP contribution < -0.4 is 5.32 Å². The molecule has 2 nitrogen and oxygen atoms in total. The second-order valence-corrected chi connectivity index (χ2v) is 6.25. The van der Waals surface area contributed by atoms with E-state index in [1.54, 1.807) is 0 Å². The van der Waals surface area contributed by atoms with Crippen LogP contribution >= 0.6 is 0 Å². The van der Waals surface area contributed by atoms with Crippen LogP contribution in [0.5, 0.6) is 0 Å². The maximum atomic E-state index is 3.81. The second kappa shape index (κ2) is 5.05. The Kier molecular flexibility index (Phi) is 3.49. The molecule has 1 atom stereocenters. The molecule has 92 valence electrons. The van der Waals surface area contributed by atoms with Gasteiger partial charge in [0.2, 0.25) is 0 Å². The molecule has 16 heavy (non-hydrogen) atoms. The molecule has 2 aliphatic carbocycles. The number of rotatable bonds is 5. The standard InChI is InChI=1S/C14H26N2/c1-2-4-12(3-1)9-15-14-7-8-16(11-14)10-13-5-6-13/h12-15H,1-11H2. The van der Waals surface area contributed by atoms with Crippen LogP contribution in [0.1, 0.15) is 44.9 Å². The average molecular weight is 222 g/mol. The van der Waals surface area contributed by atoms with E-state index in [0.29, 0.717) is 0 Å². The number of likely N-dealkylation sites (tertiary alicyclic amines) is 1. The summed E-state index contributed by atoms with van der Waals surface area (Å²) < 4.78 is 0. The van der Waals surface area contributed by atoms with Crippen molar-refractivity contribution in [2.75, 3.05) is 26.2 Å². The first-order chi connectivity index (χ1) is 7.90. The summed E-state index contributed by atoms with van der Waals surface area (Å²) in [5.74, 6) is 2.06. The van der Waals surface area contributed by atoms with Gasteiger partial charge in [-0.05, 0) is 57.0 Å². The van der Waals surface area contributed by atoms with Crippen LogP contribution in [-0.4, -0.2) is 37.1 Å². The monoisotopic (exact) mass is 222 g/mol. The molecule has 1 saturated heterocycles. The van der Waals surface area contributed by atoms with Crippen molar-refractivity contribution < 1.29 is 0 Å². The van der Waals surface area contributed by atoms with Gasteiger partial charge in [-0.3, -0.25) is 0 Å². The molecule has 3 fully saturated rings. The Morgan fingerprint density at radius 2 is 1.75 bits per heavy atom. The normalized spacial score (nSPS) is 32.6. The third-order valence-corrected chi connectivity index (χ3v) is 4.66. The molecule has 3 aliphatic rings. The van der Waals surface area contributed by atoms with E-state index in [0.717, 1.165) is 17.9 Å². The molecule has 2 heteroatoms. The predicted octanol–water partition coefficient (Wildman–Crippen LogP) is 2.25. The van der Waals surface area contributed by atoms with E-state index < -0.39 is 0 Å². The minimum atomic E-state index is 0.805. The van der Waals surface area contributed by atoms with E-state index in [1.807, 2.05) is 0 Å². The molecule has 1 heterocycles. The number of nitrogens with one attached hydrogen (secondary N) is 1. The van der Waals surface area contributed by atoms with Crippen molar-refractivity contribution in [1.82, 2.24) is 10.2 Å². The maximum absolute atomic E-state index is 3.81. The molecule has 3 rings (SSSR count). The van der Waals surface area contributed by atoms with Gasteiger partial charge in [-0.2, -0.15) is 0 Å². The molecule has 0 amide bonds. The van der Waals surface area contributed by atoms with Crippen molar-refractivity contribution in [1.29, 1.82) is 0 Å². The zero-order chi connectivity index (χ0) is 10.8. The Balaban J connectivity index is 1.33. The Morgan fingerprint density at radius 3 is 2.50 bits per heavy atom. The highest BCUT2D eigenvalue weighted by Gasteiger charge is 2.29. The smallest absolute Gasteiger partial charge is 0.0207 e. The van der Waals surface area contributed by atoms with Crippen LogP contribution in [0, 0.1) is 11.8 Å². The Morgan fingerprint density at radius 1 is 0.938 bits per heavy atom. The fourth-order valence-electron chi connectivity index (χ4n) is 3.38. The summed E-state index contributed by atoms with van der Waals surface area (Å²) >= 11 is 0. The molecular weight excluding hydrogens is 196 g/mol. The molecule has 1 aliphatic heterocycles. The van der Waals surface area contributed by atoms with Crippen molar-refractivity contribution in [3.63, 3.8) is 0 Å². The van der Waals surface area contributed by atoms with Crippen LogP contribution in [0.25, 0.3) is 0 Å². The van der Waals surface area contributed by atoms with Gasteiger partial charge in [-0.25, -0.2) is 0 Å². The minimum Gasteiger partial charge on any atom is -0.312 e. The van der Waals surface area contributed by atoms with E-state index >= 15 is 0 Å². The molecule has 0 aromatic rings. The summed E-state index contributed by atoms with van der Waals surface area (Å²) in [5, 5.41) is 3.81. The Hall–Kier alpha value is -0.0800. The van der Waals surface area contributed by atoms with E-state index in [1.165, 1.54) is 71.1 Å². The highest BCUT2D eigenvalue weighted by molar-refractivity contribution is 4.86. The maximum Gasteiger partial charge on any atom is 0.0207 e. The van der Waals surface area contributed by atoms with Gasteiger partial charge >= 0.3 is 0 Å². The lowest BCUT2D eigenvalue weighted by atomic mass is 10.1. The Bertz CT molecular complexity index is 219. The Labute approximate surface area is 99.8 Å². The lowest BCUT2D eigenvalue weighted by Crippen LogP contribution is -2.35. The molecule has 2 saturated carbocycles. The number of hydrogen-bond acceptors (Lipinski definition) is 2. The van der Waals surface area contributed by atoms with Crippen molar-refractivity contribution in [3.8, 4) is 0 Å². The largest absolute Gasteiger partial charge is 0.312 e. The summed E-state index contributed by atoms with van der Waals surface area (Å²) in [5.41, 5.74) is 0. The fraction of sp³-hybridized carbons (Fsp3) is 1.00. The van der Waals surface area contributed by atoms with E-state index in [2.05, 4.69) is 10.2 Å². The van der Waals surface area contributed by atoms with E-state index in [-0.39, 0.29) is 0 Å². The van der Waals surface area contributed by atoms with Crippen molar-refractivity contribution in [3.05, 3.63) is 0 Å². The molecule has 0 aromatic carbocycles. The van der Waals surface area contributed by atoms with Crippen molar-refractivity contribution >= 4 is 0 Å². The van der Waals surface area contributed by atoms with Gasteiger partial charge in [0.1, 0.15) is 0 Å². The quantitative estimate of drug-likeness (QED) is 0.767. The van der Waals surface area contributed by atoms with E-state index in [9.17, 15) is 0 Å². The first-order valence-corrected chi connectivity index (χ1v) is 7.36. The SMILES string of the molecule is C1CCC(CNC2CCN(CC3CC3)C2)C1. The molecular formula is C14H26N2. The average Bonchev–Trinajstić information content (AvgIpc) is 2.81. The lowest BCUT2D eigenvalue weighted by Gasteiger charge is -2.18.